The number of carboxylic acid groups (broad SMARTS) is 1. The zero-order chi connectivity index (χ0) is 15.3. The Morgan fingerprint density at radius 1 is 1.55 bits per heavy atom. The fourth-order valence-corrected chi connectivity index (χ4v) is 2.96. The van der Waals surface area contributed by atoms with Crippen molar-refractivity contribution in [3.8, 4) is 0 Å². The van der Waals surface area contributed by atoms with E-state index in [2.05, 4.69) is 14.9 Å². The van der Waals surface area contributed by atoms with Crippen LogP contribution in [0.3, 0.4) is 0 Å². The monoisotopic (exact) mass is 305 g/mol. The SMILES string of the molecule is CCOCC(NS(=O)(=O)c1[nH]ncc1C(=O)O)C(C)C. The molecule has 114 valence electrons. The highest BCUT2D eigenvalue weighted by Gasteiger charge is 2.28. The normalized spacial score (nSPS) is 13.6. The van der Waals surface area contributed by atoms with Crippen molar-refractivity contribution in [2.24, 2.45) is 5.92 Å². The van der Waals surface area contributed by atoms with Gasteiger partial charge in [0.2, 0.25) is 0 Å². The topological polar surface area (TPSA) is 121 Å². The van der Waals surface area contributed by atoms with Gasteiger partial charge in [-0.2, -0.15) is 5.10 Å². The molecule has 0 fully saturated rings. The number of carboxylic acids is 1. The van der Waals surface area contributed by atoms with Gasteiger partial charge in [0.25, 0.3) is 10.0 Å². The summed E-state index contributed by atoms with van der Waals surface area (Å²) < 4.78 is 32.1. The van der Waals surface area contributed by atoms with Crippen LogP contribution in [0.4, 0.5) is 0 Å². The Kier molecular flexibility index (Phi) is 5.66. The first kappa shape index (κ1) is 16.6. The molecule has 0 spiro atoms. The van der Waals surface area contributed by atoms with E-state index in [1.165, 1.54) is 0 Å². The zero-order valence-electron chi connectivity index (χ0n) is 11.6. The third kappa shape index (κ3) is 4.02. The molecule has 1 aromatic rings. The number of aromatic nitrogens is 2. The number of hydrogen-bond donors (Lipinski definition) is 3. The largest absolute Gasteiger partial charge is 0.478 e. The highest BCUT2D eigenvalue weighted by atomic mass is 32.2. The van der Waals surface area contributed by atoms with Crippen LogP contribution in [-0.2, 0) is 14.8 Å². The van der Waals surface area contributed by atoms with Gasteiger partial charge in [-0.3, -0.25) is 5.10 Å². The summed E-state index contributed by atoms with van der Waals surface area (Å²) in [4.78, 5) is 10.9. The van der Waals surface area contributed by atoms with E-state index in [1.807, 2.05) is 20.8 Å². The molecule has 1 rings (SSSR count). The van der Waals surface area contributed by atoms with Crippen LogP contribution >= 0.6 is 0 Å². The molecule has 20 heavy (non-hydrogen) atoms. The minimum absolute atomic E-state index is 0.00692. The van der Waals surface area contributed by atoms with E-state index in [0.29, 0.717) is 6.61 Å². The summed E-state index contributed by atoms with van der Waals surface area (Å²) in [7, 11) is -4.00. The minimum atomic E-state index is -4.00. The fourth-order valence-electron chi connectivity index (χ4n) is 1.50. The first-order chi connectivity index (χ1) is 9.29. The van der Waals surface area contributed by atoms with E-state index in [-0.39, 0.29) is 12.5 Å². The fraction of sp³-hybridized carbons (Fsp3) is 0.636. The Bertz CT molecular complexity index is 552. The van der Waals surface area contributed by atoms with E-state index in [0.717, 1.165) is 6.20 Å². The maximum Gasteiger partial charge on any atom is 0.340 e. The minimum Gasteiger partial charge on any atom is -0.478 e. The number of nitrogens with zero attached hydrogens (tertiary/aromatic N) is 1. The lowest BCUT2D eigenvalue weighted by Crippen LogP contribution is -2.42. The maximum atomic E-state index is 12.2. The van der Waals surface area contributed by atoms with Gasteiger partial charge in [-0.1, -0.05) is 13.8 Å². The summed E-state index contributed by atoms with van der Waals surface area (Å²) in [6.07, 6.45) is 0.962. The summed E-state index contributed by atoms with van der Waals surface area (Å²) in [6, 6.07) is -0.454. The van der Waals surface area contributed by atoms with Gasteiger partial charge in [0.05, 0.1) is 12.8 Å². The van der Waals surface area contributed by atoms with Gasteiger partial charge < -0.3 is 9.84 Å². The molecule has 0 radical (unpaired) electrons. The lowest BCUT2D eigenvalue weighted by Gasteiger charge is -2.21. The predicted octanol–water partition coefficient (Wildman–Crippen LogP) is 0.447. The number of aromatic amines is 1. The van der Waals surface area contributed by atoms with Crippen molar-refractivity contribution < 1.29 is 23.1 Å². The number of carbonyl (C=O) groups is 1. The van der Waals surface area contributed by atoms with E-state index in [4.69, 9.17) is 9.84 Å². The van der Waals surface area contributed by atoms with Gasteiger partial charge in [-0.15, -0.1) is 0 Å². The highest BCUT2D eigenvalue weighted by molar-refractivity contribution is 7.89. The van der Waals surface area contributed by atoms with Crippen molar-refractivity contribution in [2.45, 2.75) is 31.8 Å². The van der Waals surface area contributed by atoms with E-state index < -0.39 is 32.6 Å². The molecule has 1 atom stereocenters. The van der Waals surface area contributed by atoms with Crippen molar-refractivity contribution in [2.75, 3.05) is 13.2 Å². The average Bonchev–Trinajstić information content (AvgIpc) is 2.84. The van der Waals surface area contributed by atoms with Crippen molar-refractivity contribution in [3.63, 3.8) is 0 Å². The summed E-state index contributed by atoms with van der Waals surface area (Å²) >= 11 is 0. The number of rotatable bonds is 8. The molecule has 0 aliphatic carbocycles. The molecule has 3 N–H and O–H groups in total. The number of nitrogens with one attached hydrogen (secondary N) is 2. The second-order valence-corrected chi connectivity index (χ2v) is 6.20. The number of hydrogen-bond acceptors (Lipinski definition) is 5. The van der Waals surface area contributed by atoms with Gasteiger partial charge in [0.1, 0.15) is 5.56 Å². The summed E-state index contributed by atoms with van der Waals surface area (Å²) in [5, 5.41) is 14.1. The molecule has 0 aromatic carbocycles. The number of ether oxygens (including phenoxy) is 1. The van der Waals surface area contributed by atoms with Crippen molar-refractivity contribution in [3.05, 3.63) is 11.8 Å². The first-order valence-corrected chi connectivity index (χ1v) is 7.64. The van der Waals surface area contributed by atoms with Crippen LogP contribution < -0.4 is 4.72 Å². The van der Waals surface area contributed by atoms with Crippen LogP contribution in [0.1, 0.15) is 31.1 Å². The quantitative estimate of drug-likeness (QED) is 0.641. The van der Waals surface area contributed by atoms with Crippen molar-refractivity contribution >= 4 is 16.0 Å². The van der Waals surface area contributed by atoms with Gasteiger partial charge in [0.15, 0.2) is 5.03 Å². The Morgan fingerprint density at radius 3 is 2.70 bits per heavy atom. The van der Waals surface area contributed by atoms with Crippen LogP contribution in [0.5, 0.6) is 0 Å². The summed E-state index contributed by atoms with van der Waals surface area (Å²) in [5.74, 6) is -1.36. The molecular weight excluding hydrogens is 286 g/mol. The molecule has 1 heterocycles. The van der Waals surface area contributed by atoms with E-state index >= 15 is 0 Å². The molecule has 1 unspecified atom stereocenters. The molecule has 0 aliphatic heterocycles. The smallest absolute Gasteiger partial charge is 0.340 e. The molecular formula is C11H19N3O5S. The second-order valence-electron chi connectivity index (χ2n) is 4.55. The van der Waals surface area contributed by atoms with E-state index in [1.54, 1.807) is 0 Å². The lowest BCUT2D eigenvalue weighted by molar-refractivity contribution is 0.0692. The highest BCUT2D eigenvalue weighted by Crippen LogP contribution is 2.14. The second kappa shape index (κ2) is 6.82. The lowest BCUT2D eigenvalue weighted by atomic mass is 10.1. The van der Waals surface area contributed by atoms with Gasteiger partial charge >= 0.3 is 5.97 Å². The van der Waals surface area contributed by atoms with E-state index in [9.17, 15) is 13.2 Å². The predicted molar refractivity (Wildman–Crippen MR) is 71.0 cm³/mol. The first-order valence-electron chi connectivity index (χ1n) is 6.16. The Hall–Kier alpha value is -1.45. The van der Waals surface area contributed by atoms with Crippen molar-refractivity contribution in [1.29, 1.82) is 0 Å². The van der Waals surface area contributed by atoms with Crippen molar-refractivity contribution in [1.82, 2.24) is 14.9 Å². The number of aromatic carboxylic acids is 1. The van der Waals surface area contributed by atoms with Crippen LogP contribution in [0.15, 0.2) is 11.2 Å². The maximum absolute atomic E-state index is 12.2. The molecule has 0 aliphatic rings. The van der Waals surface area contributed by atoms with Crippen LogP contribution in [-0.4, -0.2) is 48.9 Å². The Labute approximate surface area is 117 Å². The van der Waals surface area contributed by atoms with Crippen LogP contribution in [0.25, 0.3) is 0 Å². The number of H-pyrrole nitrogens is 1. The number of sulfonamides is 1. The average molecular weight is 305 g/mol. The summed E-state index contributed by atoms with van der Waals surface area (Å²) in [6.45, 7) is 6.18. The Morgan fingerprint density at radius 2 is 2.20 bits per heavy atom. The Balaban J connectivity index is 2.97. The zero-order valence-corrected chi connectivity index (χ0v) is 12.4. The molecule has 9 heteroatoms. The van der Waals surface area contributed by atoms with Gasteiger partial charge in [-0.25, -0.2) is 17.9 Å². The molecule has 8 nitrogen and oxygen atoms in total. The third-order valence-electron chi connectivity index (χ3n) is 2.72. The summed E-state index contributed by atoms with van der Waals surface area (Å²) in [5.41, 5.74) is -0.392. The van der Waals surface area contributed by atoms with Gasteiger partial charge in [0, 0.05) is 12.6 Å². The molecule has 0 saturated heterocycles. The van der Waals surface area contributed by atoms with Crippen LogP contribution in [0, 0.1) is 5.92 Å². The molecule has 1 aromatic heterocycles. The van der Waals surface area contributed by atoms with Gasteiger partial charge in [-0.05, 0) is 12.8 Å². The molecule has 0 amide bonds. The molecule has 0 saturated carbocycles. The third-order valence-corrected chi connectivity index (χ3v) is 4.18. The van der Waals surface area contributed by atoms with Crippen LogP contribution in [0.2, 0.25) is 0 Å². The molecule has 0 bridgehead atoms. The standard InChI is InChI=1S/C11H19N3O5S/c1-4-19-6-9(7(2)3)14-20(17,18)10-8(11(15)16)5-12-13-10/h5,7,9,14H,4,6H2,1-3H3,(H,12,13)(H,15,16).